The van der Waals surface area contributed by atoms with Gasteiger partial charge in [0.25, 0.3) is 0 Å². The number of hydrogen-bond acceptors (Lipinski definition) is 5. The molecule has 1 atom stereocenters. The summed E-state index contributed by atoms with van der Waals surface area (Å²) in [5.74, 6) is -0.797. The Bertz CT molecular complexity index is 674. The molecule has 0 saturated heterocycles. The maximum Gasteiger partial charge on any atom is 0.412 e. The van der Waals surface area contributed by atoms with Crippen molar-refractivity contribution >= 4 is 23.8 Å². The van der Waals surface area contributed by atoms with Gasteiger partial charge in [0.2, 0.25) is 5.91 Å². The number of benzene rings is 1. The fourth-order valence-electron chi connectivity index (χ4n) is 2.00. The van der Waals surface area contributed by atoms with Gasteiger partial charge in [-0.3, -0.25) is 10.1 Å². The first-order chi connectivity index (χ1) is 11.8. The van der Waals surface area contributed by atoms with E-state index in [0.29, 0.717) is 11.3 Å². The molecule has 0 spiro atoms. The molecular weight excluding hydrogens is 338 g/mol. The van der Waals surface area contributed by atoms with E-state index in [9.17, 15) is 14.4 Å². The number of carbonyl (C=O) groups excluding carboxylic acids is 3. The standard InChI is InChI=1S/C18H27N3O5/c1-17(2,3)25-15(23)20-12-10-8-7-9-11(12)13(14(19)22)21-16(24)26-18(4,5)6/h7-10,13H,1-6H3,(H2,19,22)(H,20,23)(H,21,24). The molecule has 0 saturated carbocycles. The fourth-order valence-corrected chi connectivity index (χ4v) is 2.00. The number of carbonyl (C=O) groups is 3. The minimum absolute atomic E-state index is 0.293. The monoisotopic (exact) mass is 365 g/mol. The highest BCUT2D eigenvalue weighted by Crippen LogP contribution is 2.24. The number of amides is 3. The lowest BCUT2D eigenvalue weighted by atomic mass is 10.0. The van der Waals surface area contributed by atoms with Gasteiger partial charge in [-0.2, -0.15) is 0 Å². The number of anilines is 1. The van der Waals surface area contributed by atoms with Gasteiger partial charge in [0.15, 0.2) is 0 Å². The number of alkyl carbamates (subject to hydrolysis) is 1. The number of rotatable bonds is 4. The van der Waals surface area contributed by atoms with Crippen LogP contribution in [0.25, 0.3) is 0 Å². The van der Waals surface area contributed by atoms with Gasteiger partial charge in [0, 0.05) is 11.3 Å². The van der Waals surface area contributed by atoms with Crippen molar-refractivity contribution in [2.24, 2.45) is 5.73 Å². The summed E-state index contributed by atoms with van der Waals surface area (Å²) in [6, 6.07) is 5.28. The van der Waals surface area contributed by atoms with Crippen LogP contribution in [0.3, 0.4) is 0 Å². The summed E-state index contributed by atoms with van der Waals surface area (Å²) in [5.41, 5.74) is 4.62. The third-order valence-electron chi connectivity index (χ3n) is 2.85. The quantitative estimate of drug-likeness (QED) is 0.757. The number of para-hydroxylation sites is 1. The van der Waals surface area contributed by atoms with Crippen LogP contribution in [0.15, 0.2) is 24.3 Å². The van der Waals surface area contributed by atoms with Gasteiger partial charge in [-0.25, -0.2) is 9.59 Å². The van der Waals surface area contributed by atoms with Crippen molar-refractivity contribution in [2.75, 3.05) is 5.32 Å². The zero-order valence-corrected chi connectivity index (χ0v) is 16.0. The molecule has 1 aromatic rings. The number of nitrogens with two attached hydrogens (primary N) is 1. The van der Waals surface area contributed by atoms with Crippen LogP contribution in [-0.4, -0.2) is 29.3 Å². The molecule has 0 bridgehead atoms. The molecule has 26 heavy (non-hydrogen) atoms. The molecule has 0 aliphatic carbocycles. The summed E-state index contributed by atoms with van der Waals surface area (Å²) in [4.78, 5) is 35.9. The van der Waals surface area contributed by atoms with Crippen LogP contribution in [0, 0.1) is 0 Å². The van der Waals surface area contributed by atoms with Crippen molar-refractivity contribution in [3.05, 3.63) is 29.8 Å². The maximum atomic E-state index is 12.0. The predicted octanol–water partition coefficient (Wildman–Crippen LogP) is 3.08. The average Bonchev–Trinajstić information content (AvgIpc) is 2.41. The Balaban J connectivity index is 3.04. The largest absolute Gasteiger partial charge is 0.444 e. The second-order valence-corrected chi connectivity index (χ2v) is 7.70. The minimum Gasteiger partial charge on any atom is -0.444 e. The average molecular weight is 365 g/mol. The molecule has 1 aromatic carbocycles. The van der Waals surface area contributed by atoms with Gasteiger partial charge >= 0.3 is 12.2 Å². The molecule has 1 unspecified atom stereocenters. The van der Waals surface area contributed by atoms with Crippen LogP contribution in [0.2, 0.25) is 0 Å². The van der Waals surface area contributed by atoms with E-state index in [2.05, 4.69) is 10.6 Å². The van der Waals surface area contributed by atoms with Crippen LogP contribution in [0.5, 0.6) is 0 Å². The molecule has 8 heteroatoms. The zero-order valence-electron chi connectivity index (χ0n) is 16.0. The summed E-state index contributed by atoms with van der Waals surface area (Å²) in [6.07, 6.45) is -1.49. The van der Waals surface area contributed by atoms with Crippen LogP contribution in [0.4, 0.5) is 15.3 Å². The van der Waals surface area contributed by atoms with Crippen molar-refractivity contribution in [3.63, 3.8) is 0 Å². The summed E-state index contributed by atoms with van der Waals surface area (Å²) in [7, 11) is 0. The smallest absolute Gasteiger partial charge is 0.412 e. The first kappa shape index (κ1) is 21.3. The second kappa shape index (κ2) is 8.07. The van der Waals surface area contributed by atoms with Gasteiger partial charge in [0.1, 0.15) is 17.2 Å². The molecule has 0 radical (unpaired) electrons. The summed E-state index contributed by atoms with van der Waals surface area (Å²) < 4.78 is 10.4. The van der Waals surface area contributed by atoms with E-state index in [1.807, 2.05) is 0 Å². The minimum atomic E-state index is -1.18. The highest BCUT2D eigenvalue weighted by molar-refractivity contribution is 5.91. The normalized spacial score (nSPS) is 12.7. The molecule has 0 aliphatic rings. The lowest BCUT2D eigenvalue weighted by molar-refractivity contribution is -0.120. The van der Waals surface area contributed by atoms with Crippen molar-refractivity contribution in [2.45, 2.75) is 58.8 Å². The van der Waals surface area contributed by atoms with E-state index in [1.165, 1.54) is 0 Å². The van der Waals surface area contributed by atoms with Gasteiger partial charge in [-0.1, -0.05) is 18.2 Å². The van der Waals surface area contributed by atoms with Crippen LogP contribution < -0.4 is 16.4 Å². The number of hydrogen-bond donors (Lipinski definition) is 3. The van der Waals surface area contributed by atoms with Gasteiger partial charge in [-0.15, -0.1) is 0 Å². The predicted molar refractivity (Wildman–Crippen MR) is 97.6 cm³/mol. The SMILES string of the molecule is CC(C)(C)OC(=O)Nc1ccccc1C(NC(=O)OC(C)(C)C)C(N)=O. The van der Waals surface area contributed by atoms with Crippen molar-refractivity contribution in [1.82, 2.24) is 5.32 Å². The summed E-state index contributed by atoms with van der Waals surface area (Å²) >= 11 is 0. The molecule has 0 aliphatic heterocycles. The van der Waals surface area contributed by atoms with E-state index < -0.39 is 35.3 Å². The fraction of sp³-hybridized carbons (Fsp3) is 0.500. The lowest BCUT2D eigenvalue weighted by Crippen LogP contribution is -2.41. The van der Waals surface area contributed by atoms with Crippen LogP contribution in [-0.2, 0) is 14.3 Å². The highest BCUT2D eigenvalue weighted by Gasteiger charge is 2.27. The van der Waals surface area contributed by atoms with E-state index in [1.54, 1.807) is 65.8 Å². The molecule has 4 N–H and O–H groups in total. The Hall–Kier alpha value is -2.77. The Kier molecular flexibility index (Phi) is 6.60. The second-order valence-electron chi connectivity index (χ2n) is 7.70. The molecule has 8 nitrogen and oxygen atoms in total. The van der Waals surface area contributed by atoms with E-state index in [-0.39, 0.29) is 0 Å². The zero-order chi connectivity index (χ0) is 20.1. The van der Waals surface area contributed by atoms with Crippen molar-refractivity contribution < 1.29 is 23.9 Å². The van der Waals surface area contributed by atoms with Crippen molar-refractivity contribution in [3.8, 4) is 0 Å². The van der Waals surface area contributed by atoms with E-state index in [0.717, 1.165) is 0 Å². The first-order valence-electron chi connectivity index (χ1n) is 8.16. The van der Waals surface area contributed by atoms with Crippen LogP contribution >= 0.6 is 0 Å². The Morgan fingerprint density at radius 3 is 1.92 bits per heavy atom. The van der Waals surface area contributed by atoms with Gasteiger partial charge < -0.3 is 20.5 Å². The number of nitrogens with one attached hydrogen (secondary N) is 2. The van der Waals surface area contributed by atoms with Crippen molar-refractivity contribution in [1.29, 1.82) is 0 Å². The molecule has 3 amide bonds. The molecule has 0 heterocycles. The lowest BCUT2D eigenvalue weighted by Gasteiger charge is -2.24. The number of primary amides is 1. The maximum absolute atomic E-state index is 12.0. The third kappa shape index (κ3) is 7.42. The molecule has 144 valence electrons. The van der Waals surface area contributed by atoms with Crippen LogP contribution in [0.1, 0.15) is 53.1 Å². The van der Waals surface area contributed by atoms with Gasteiger partial charge in [-0.05, 0) is 47.6 Å². The van der Waals surface area contributed by atoms with Gasteiger partial charge in [0.05, 0.1) is 0 Å². The third-order valence-corrected chi connectivity index (χ3v) is 2.85. The Morgan fingerprint density at radius 1 is 0.923 bits per heavy atom. The molecule has 0 aromatic heterocycles. The Morgan fingerprint density at radius 2 is 1.42 bits per heavy atom. The molecule has 1 rings (SSSR count). The Labute approximate surface area is 153 Å². The summed E-state index contributed by atoms with van der Waals surface area (Å²) in [5, 5.41) is 4.99. The van der Waals surface area contributed by atoms with E-state index in [4.69, 9.17) is 15.2 Å². The molecular formula is C18H27N3O5. The summed E-state index contributed by atoms with van der Waals surface area (Å²) in [6.45, 7) is 10.3. The highest BCUT2D eigenvalue weighted by atomic mass is 16.6. The molecule has 0 fully saturated rings. The number of ether oxygens (including phenoxy) is 2. The first-order valence-corrected chi connectivity index (χ1v) is 8.16. The van der Waals surface area contributed by atoms with E-state index >= 15 is 0 Å². The topological polar surface area (TPSA) is 120 Å².